The molecular weight excluding hydrogens is 444 g/mol. The van der Waals surface area contributed by atoms with Crippen LogP contribution < -0.4 is 0 Å². The molecule has 35 heavy (non-hydrogen) atoms. The summed E-state index contributed by atoms with van der Waals surface area (Å²) in [6.45, 7) is 2.79. The van der Waals surface area contributed by atoms with E-state index < -0.39 is 4.92 Å². The smallest absolute Gasteiger partial charge is 0.270 e. The number of aromatic nitrogens is 1. The number of fused-ring (bicyclic) bond motifs is 1. The minimum Gasteiger partial charge on any atom is -0.494 e. The summed E-state index contributed by atoms with van der Waals surface area (Å²) in [7, 11) is 0. The van der Waals surface area contributed by atoms with Crippen molar-refractivity contribution < 1.29 is 14.8 Å². The maximum atomic E-state index is 12.1. The van der Waals surface area contributed by atoms with Crippen molar-refractivity contribution in [1.29, 1.82) is 0 Å². The molecule has 0 saturated carbocycles. The minimum atomic E-state index is -0.461. The Labute approximate surface area is 201 Å². The summed E-state index contributed by atoms with van der Waals surface area (Å²) in [4.78, 5) is 32.7. The predicted octanol–water partition coefficient (Wildman–Crippen LogP) is 5.63. The maximum Gasteiger partial charge on any atom is 0.270 e. The van der Waals surface area contributed by atoms with Gasteiger partial charge in [-0.05, 0) is 37.1 Å². The molecule has 1 saturated heterocycles. The number of nitrogens with one attached hydrogen (secondary N) is 1. The molecule has 1 amide bonds. The molecule has 1 unspecified atom stereocenters. The number of nitro groups is 1. The van der Waals surface area contributed by atoms with Gasteiger partial charge in [-0.25, -0.2) is 4.99 Å². The number of nitro benzene ring substituents is 1. The summed E-state index contributed by atoms with van der Waals surface area (Å²) in [5, 5.41) is 22.7. The zero-order valence-corrected chi connectivity index (χ0v) is 19.1. The van der Waals surface area contributed by atoms with Crippen molar-refractivity contribution in [2.24, 2.45) is 4.99 Å². The van der Waals surface area contributed by atoms with E-state index in [9.17, 15) is 20.0 Å². The molecule has 3 aromatic carbocycles. The van der Waals surface area contributed by atoms with Gasteiger partial charge < -0.3 is 15.0 Å². The summed E-state index contributed by atoms with van der Waals surface area (Å²) < 4.78 is 0. The quantitative estimate of drug-likeness (QED) is 0.217. The first-order valence-corrected chi connectivity index (χ1v) is 11.5. The van der Waals surface area contributed by atoms with E-state index >= 15 is 0 Å². The van der Waals surface area contributed by atoms with Gasteiger partial charge in [0, 0.05) is 41.6 Å². The van der Waals surface area contributed by atoms with Crippen LogP contribution in [0.3, 0.4) is 0 Å². The van der Waals surface area contributed by atoms with Crippen molar-refractivity contribution in [2.75, 3.05) is 6.54 Å². The summed E-state index contributed by atoms with van der Waals surface area (Å²) in [6.07, 6.45) is 1.48. The van der Waals surface area contributed by atoms with E-state index in [0.29, 0.717) is 34.3 Å². The predicted molar refractivity (Wildman–Crippen MR) is 134 cm³/mol. The molecule has 5 rings (SSSR count). The van der Waals surface area contributed by atoms with Crippen molar-refractivity contribution in [1.82, 2.24) is 9.88 Å². The molecule has 1 aliphatic heterocycles. The largest absolute Gasteiger partial charge is 0.494 e. The molecule has 8 nitrogen and oxygen atoms in total. The molecule has 176 valence electrons. The normalized spacial score (nSPS) is 15.1. The molecule has 0 radical (unpaired) electrons. The lowest BCUT2D eigenvalue weighted by Gasteiger charge is -2.24. The third kappa shape index (κ3) is 4.26. The number of H-pyrrole nitrogens is 1. The van der Waals surface area contributed by atoms with Gasteiger partial charge in [0.1, 0.15) is 0 Å². The second-order valence-corrected chi connectivity index (χ2v) is 8.62. The summed E-state index contributed by atoms with van der Waals surface area (Å²) in [5.74, 6) is 0.0655. The number of carbonyl (C=O) groups is 1. The van der Waals surface area contributed by atoms with Gasteiger partial charge >= 0.3 is 0 Å². The highest BCUT2D eigenvalue weighted by Crippen LogP contribution is 2.34. The molecule has 2 heterocycles. The van der Waals surface area contributed by atoms with Gasteiger partial charge in [0.05, 0.1) is 27.9 Å². The van der Waals surface area contributed by atoms with Gasteiger partial charge in [-0.15, -0.1) is 0 Å². The number of carbonyl (C=O) groups excluding carboxylic acids is 1. The van der Waals surface area contributed by atoms with Crippen molar-refractivity contribution >= 4 is 33.9 Å². The lowest BCUT2D eigenvalue weighted by molar-refractivity contribution is -0.384. The van der Waals surface area contributed by atoms with Crippen LogP contribution in [0.2, 0.25) is 0 Å². The van der Waals surface area contributed by atoms with Gasteiger partial charge in [0.2, 0.25) is 5.91 Å². The Bertz CT molecular complexity index is 1440. The van der Waals surface area contributed by atoms with Crippen LogP contribution in [0, 0.1) is 10.1 Å². The zero-order valence-electron chi connectivity index (χ0n) is 19.1. The van der Waals surface area contributed by atoms with E-state index in [2.05, 4.69) is 4.98 Å². The third-order valence-electron chi connectivity index (χ3n) is 6.45. The number of benzene rings is 3. The number of non-ortho nitro benzene ring substituents is 1. The Morgan fingerprint density at radius 1 is 1.11 bits per heavy atom. The van der Waals surface area contributed by atoms with Crippen LogP contribution in [0.4, 0.5) is 11.4 Å². The maximum absolute atomic E-state index is 12.1. The highest BCUT2D eigenvalue weighted by Gasteiger charge is 2.26. The monoisotopic (exact) mass is 468 g/mol. The summed E-state index contributed by atoms with van der Waals surface area (Å²) >= 11 is 0. The molecule has 1 aromatic heterocycles. The molecule has 0 bridgehead atoms. The highest BCUT2D eigenvalue weighted by molar-refractivity contribution is 6.22. The third-order valence-corrected chi connectivity index (χ3v) is 6.45. The van der Waals surface area contributed by atoms with Crippen LogP contribution in [0.5, 0.6) is 5.88 Å². The van der Waals surface area contributed by atoms with Crippen LogP contribution in [-0.4, -0.2) is 38.1 Å². The topological polar surface area (TPSA) is 112 Å². The SMILES string of the molecule is CC(c1ccc(N=C(c2ccccc2)c2c(O)[nH]c3ccc([N+](=O)[O-])cc23)cc1)N1CCCC1=O. The van der Waals surface area contributed by atoms with Crippen molar-refractivity contribution in [3.63, 3.8) is 0 Å². The van der Waals surface area contributed by atoms with Gasteiger partial charge in [0.25, 0.3) is 5.69 Å². The molecular formula is C27H24N4O4. The Morgan fingerprint density at radius 3 is 2.51 bits per heavy atom. The molecule has 4 aromatic rings. The summed E-state index contributed by atoms with van der Waals surface area (Å²) in [6, 6.07) is 21.5. The number of aliphatic imine (C=N–C) groups is 1. The zero-order chi connectivity index (χ0) is 24.5. The molecule has 1 fully saturated rings. The fourth-order valence-electron chi connectivity index (χ4n) is 4.59. The van der Waals surface area contributed by atoms with Gasteiger partial charge in [0.15, 0.2) is 5.88 Å². The lowest BCUT2D eigenvalue weighted by atomic mass is 10.0. The van der Waals surface area contributed by atoms with Crippen LogP contribution in [0.25, 0.3) is 10.9 Å². The fourth-order valence-corrected chi connectivity index (χ4v) is 4.59. The number of aromatic hydroxyl groups is 1. The van der Waals surface area contributed by atoms with Crippen molar-refractivity contribution in [2.45, 2.75) is 25.8 Å². The van der Waals surface area contributed by atoms with Gasteiger partial charge in [-0.2, -0.15) is 0 Å². The van der Waals surface area contributed by atoms with Gasteiger partial charge in [-0.1, -0.05) is 42.5 Å². The number of rotatable bonds is 6. The van der Waals surface area contributed by atoms with Crippen molar-refractivity contribution in [3.05, 3.63) is 99.6 Å². The number of likely N-dealkylation sites (tertiary alicyclic amines) is 1. The number of amides is 1. The number of hydrogen-bond acceptors (Lipinski definition) is 5. The number of nitrogens with zero attached hydrogens (tertiary/aromatic N) is 3. The van der Waals surface area contributed by atoms with Crippen molar-refractivity contribution in [3.8, 4) is 5.88 Å². The average Bonchev–Trinajstić information content (AvgIpc) is 3.44. The highest BCUT2D eigenvalue weighted by atomic mass is 16.6. The molecule has 1 aliphatic rings. The molecule has 1 atom stereocenters. The number of hydrogen-bond donors (Lipinski definition) is 2. The first-order valence-electron chi connectivity index (χ1n) is 11.5. The van der Waals surface area contributed by atoms with E-state index in [1.807, 2.05) is 66.4 Å². The Kier molecular flexibility index (Phi) is 5.78. The first kappa shape index (κ1) is 22.3. The Hall–Kier alpha value is -4.46. The summed E-state index contributed by atoms with van der Waals surface area (Å²) in [5.41, 5.74) is 3.83. The van der Waals surface area contributed by atoms with E-state index in [0.717, 1.165) is 24.1 Å². The Morgan fingerprint density at radius 2 is 1.86 bits per heavy atom. The fraction of sp³-hybridized carbons (Fsp3) is 0.185. The molecule has 0 aliphatic carbocycles. The van der Waals surface area contributed by atoms with Crippen LogP contribution in [-0.2, 0) is 4.79 Å². The van der Waals surface area contributed by atoms with E-state index in [4.69, 9.17) is 4.99 Å². The van der Waals surface area contributed by atoms with Crippen LogP contribution in [0.1, 0.15) is 42.5 Å². The van der Waals surface area contributed by atoms with Crippen LogP contribution >= 0.6 is 0 Å². The Balaban J connectivity index is 1.59. The molecule has 2 N–H and O–H groups in total. The first-order chi connectivity index (χ1) is 16.9. The number of aromatic amines is 1. The van der Waals surface area contributed by atoms with Gasteiger partial charge in [-0.3, -0.25) is 14.9 Å². The minimum absolute atomic E-state index is 0.0187. The standard InChI is InChI=1S/C27H24N4O4/c1-17(30-15-5-8-24(30)32)18-9-11-20(12-10-18)28-26(19-6-3-2-4-7-19)25-22-16-21(31(34)35)13-14-23(22)29-27(25)33/h2-4,6-7,9-14,16-17,29,33H,5,8,15H2,1H3. The average molecular weight is 469 g/mol. The second kappa shape index (κ2) is 9.06. The van der Waals surface area contributed by atoms with E-state index in [1.54, 1.807) is 6.07 Å². The lowest BCUT2D eigenvalue weighted by Crippen LogP contribution is -2.27. The van der Waals surface area contributed by atoms with E-state index in [-0.39, 0.29) is 23.5 Å². The van der Waals surface area contributed by atoms with E-state index in [1.165, 1.54) is 12.1 Å². The molecule has 8 heteroatoms. The molecule has 0 spiro atoms. The van der Waals surface area contributed by atoms with Crippen LogP contribution in [0.15, 0.2) is 77.8 Å². The second-order valence-electron chi connectivity index (χ2n) is 8.62.